The highest BCUT2D eigenvalue weighted by atomic mass is 35.5. The summed E-state index contributed by atoms with van der Waals surface area (Å²) in [5.41, 5.74) is -2.27. The van der Waals surface area contributed by atoms with Crippen molar-refractivity contribution >= 4 is 42.8 Å². The summed E-state index contributed by atoms with van der Waals surface area (Å²) in [7, 11) is -1.61. The summed E-state index contributed by atoms with van der Waals surface area (Å²) in [6.07, 6.45) is 1.91. The summed E-state index contributed by atoms with van der Waals surface area (Å²) in [6.45, 7) is 6.57. The molecule has 1 aromatic rings. The number of nitrogens with zero attached hydrogens (tertiary/aromatic N) is 2. The van der Waals surface area contributed by atoms with Crippen LogP contribution in [0.4, 0.5) is 0 Å². The lowest BCUT2D eigenvalue weighted by atomic mass is 9.47. The number of Topliss-reactive ketones (excluding diaryl/α,β-unsaturated/α-hetero) is 2. The Morgan fingerprint density at radius 1 is 1.03 bits per heavy atom. The Balaban J connectivity index is 2.39. The zero-order chi connectivity index (χ0) is 21.6. The fourth-order valence-electron chi connectivity index (χ4n) is 4.52. The average molecular weight is 443 g/mol. The van der Waals surface area contributed by atoms with E-state index in [4.69, 9.17) is 23.2 Å². The molecule has 0 bridgehead atoms. The lowest BCUT2D eigenvalue weighted by Gasteiger charge is -2.49. The highest BCUT2D eigenvalue weighted by molar-refractivity contribution is 6.76. The predicted molar refractivity (Wildman–Crippen MR) is 115 cm³/mol. The molecule has 0 heterocycles. The van der Waals surface area contributed by atoms with Crippen LogP contribution in [0.2, 0.25) is 25.7 Å². The van der Waals surface area contributed by atoms with Crippen LogP contribution in [-0.4, -0.2) is 19.6 Å². The van der Waals surface area contributed by atoms with Crippen molar-refractivity contribution in [3.63, 3.8) is 0 Å². The second-order valence-corrected chi connectivity index (χ2v) is 15.1. The normalized spacial score (nSPS) is 29.6. The second-order valence-electron chi connectivity index (χ2n) is 8.85. The van der Waals surface area contributed by atoms with Crippen molar-refractivity contribution in [2.75, 3.05) is 0 Å². The van der Waals surface area contributed by atoms with Crippen LogP contribution >= 0.6 is 23.2 Å². The van der Waals surface area contributed by atoms with Crippen LogP contribution in [0.25, 0.3) is 0 Å². The Labute approximate surface area is 181 Å². The summed E-state index contributed by atoms with van der Waals surface area (Å²) in [6, 6.07) is 13.9. The van der Waals surface area contributed by atoms with Crippen molar-refractivity contribution in [1.29, 1.82) is 10.5 Å². The van der Waals surface area contributed by atoms with E-state index in [-0.39, 0.29) is 6.42 Å². The maximum absolute atomic E-state index is 13.4. The Hall–Kier alpha value is -2.18. The van der Waals surface area contributed by atoms with Gasteiger partial charge in [0.15, 0.2) is 22.4 Å². The van der Waals surface area contributed by atoms with Gasteiger partial charge in [-0.25, -0.2) is 0 Å². The number of ketones is 2. The number of hydrogen-bond acceptors (Lipinski definition) is 4. The second kappa shape index (κ2) is 7.25. The van der Waals surface area contributed by atoms with Gasteiger partial charge in [0.2, 0.25) is 0 Å². The third-order valence-electron chi connectivity index (χ3n) is 5.65. The maximum atomic E-state index is 13.4. The van der Waals surface area contributed by atoms with Crippen LogP contribution in [0.15, 0.2) is 52.0 Å². The molecule has 2 aliphatic carbocycles. The molecule has 3 unspecified atom stereocenters. The smallest absolute Gasteiger partial charge is 0.199 e. The van der Waals surface area contributed by atoms with Gasteiger partial charge in [0.25, 0.3) is 0 Å². The number of carbonyl (C=O) groups excluding carboxylic acids is 2. The van der Waals surface area contributed by atoms with Gasteiger partial charge in [0, 0.05) is 14.0 Å². The first-order chi connectivity index (χ1) is 13.5. The number of rotatable bonds is 3. The molecular formula is C22H20Cl2N2O2Si. The van der Waals surface area contributed by atoms with E-state index in [1.165, 1.54) is 0 Å². The van der Waals surface area contributed by atoms with E-state index in [0.717, 1.165) is 11.6 Å². The van der Waals surface area contributed by atoms with Gasteiger partial charge in [0.05, 0.1) is 12.1 Å². The molecule has 0 radical (unpaired) electrons. The summed E-state index contributed by atoms with van der Waals surface area (Å²) >= 11 is 12.2. The minimum Gasteiger partial charge on any atom is -0.291 e. The van der Waals surface area contributed by atoms with E-state index in [2.05, 4.69) is 31.8 Å². The first kappa shape index (κ1) is 21.5. The number of allylic oxidation sites excluding steroid dienone is 4. The molecule has 0 fully saturated rings. The van der Waals surface area contributed by atoms with Gasteiger partial charge in [-0.1, -0.05) is 84.8 Å². The zero-order valence-electron chi connectivity index (χ0n) is 16.4. The molecule has 0 amide bonds. The van der Waals surface area contributed by atoms with Crippen molar-refractivity contribution in [1.82, 2.24) is 0 Å². The molecule has 2 aliphatic rings. The minimum atomic E-state index is -1.96. The van der Waals surface area contributed by atoms with E-state index >= 15 is 0 Å². The summed E-state index contributed by atoms with van der Waals surface area (Å²) in [5, 5.41) is 19.6. The van der Waals surface area contributed by atoms with E-state index in [1.807, 2.05) is 12.1 Å². The van der Waals surface area contributed by atoms with Crippen LogP contribution in [0.3, 0.4) is 0 Å². The molecule has 0 saturated carbocycles. The standard InChI is InChI=1S/C22H20Cl2N2O2Si/c1-29(2,3)11-14-9-16(15-7-5-4-6-8-15)22(13-26)20(28)18(24)17(23)19(27)21(22,10-14)12-25/h4-9,16H,10-11H2,1-3H3. The van der Waals surface area contributed by atoms with Crippen molar-refractivity contribution in [3.8, 4) is 12.1 Å². The van der Waals surface area contributed by atoms with E-state index in [1.54, 1.807) is 24.3 Å². The van der Waals surface area contributed by atoms with Crippen molar-refractivity contribution in [2.45, 2.75) is 38.0 Å². The molecule has 7 heteroatoms. The molecule has 0 aliphatic heterocycles. The largest absolute Gasteiger partial charge is 0.291 e. The Kier molecular flexibility index (Phi) is 5.38. The maximum Gasteiger partial charge on any atom is 0.199 e. The molecule has 148 valence electrons. The molecule has 29 heavy (non-hydrogen) atoms. The Bertz CT molecular complexity index is 1040. The van der Waals surface area contributed by atoms with Gasteiger partial charge in [-0.05, 0) is 18.0 Å². The van der Waals surface area contributed by atoms with Gasteiger partial charge in [-0.15, -0.1) is 0 Å². The van der Waals surface area contributed by atoms with Crippen LogP contribution in [0.5, 0.6) is 0 Å². The molecule has 0 aromatic heterocycles. The van der Waals surface area contributed by atoms with Crippen molar-refractivity contribution < 1.29 is 9.59 Å². The fraction of sp³-hybridized carbons (Fsp3) is 0.364. The molecular weight excluding hydrogens is 423 g/mol. The van der Waals surface area contributed by atoms with Gasteiger partial charge < -0.3 is 0 Å². The summed E-state index contributed by atoms with van der Waals surface area (Å²) in [4.78, 5) is 26.7. The van der Waals surface area contributed by atoms with Gasteiger partial charge in [-0.3, -0.25) is 9.59 Å². The van der Waals surface area contributed by atoms with Gasteiger partial charge >= 0.3 is 0 Å². The number of nitriles is 2. The molecule has 0 spiro atoms. The third-order valence-corrected chi connectivity index (χ3v) is 7.99. The lowest BCUT2D eigenvalue weighted by Crippen LogP contribution is -2.59. The number of benzene rings is 1. The monoisotopic (exact) mass is 442 g/mol. The van der Waals surface area contributed by atoms with E-state index in [0.29, 0.717) is 5.56 Å². The molecule has 3 rings (SSSR count). The van der Waals surface area contributed by atoms with Crippen LogP contribution < -0.4 is 0 Å². The number of hydrogen-bond donors (Lipinski definition) is 0. The van der Waals surface area contributed by atoms with Crippen LogP contribution in [-0.2, 0) is 9.59 Å². The Morgan fingerprint density at radius 2 is 1.62 bits per heavy atom. The number of fused-ring (bicyclic) bond motifs is 1. The quantitative estimate of drug-likeness (QED) is 0.469. The average Bonchev–Trinajstić information content (AvgIpc) is 2.69. The van der Waals surface area contributed by atoms with E-state index in [9.17, 15) is 20.1 Å². The SMILES string of the molecule is C[Si](C)(C)CC1=CC(c2ccccc2)C2(C#N)C(=O)C(Cl)=C(Cl)C(=O)C2(C#N)C1. The lowest BCUT2D eigenvalue weighted by molar-refractivity contribution is -0.139. The highest BCUT2D eigenvalue weighted by Crippen LogP contribution is 2.62. The summed E-state index contributed by atoms with van der Waals surface area (Å²) in [5.74, 6) is -2.27. The number of carbonyl (C=O) groups is 2. The van der Waals surface area contributed by atoms with Crippen LogP contribution in [0.1, 0.15) is 17.9 Å². The summed E-state index contributed by atoms with van der Waals surface area (Å²) < 4.78 is 0. The molecule has 4 nitrogen and oxygen atoms in total. The fourth-order valence-corrected chi connectivity index (χ4v) is 6.61. The molecule has 3 atom stereocenters. The third kappa shape index (κ3) is 3.09. The Morgan fingerprint density at radius 3 is 2.14 bits per heavy atom. The van der Waals surface area contributed by atoms with E-state index < -0.39 is 46.5 Å². The van der Waals surface area contributed by atoms with Gasteiger partial charge in [0.1, 0.15) is 10.1 Å². The first-order valence-electron chi connectivity index (χ1n) is 9.26. The minimum absolute atomic E-state index is 0.00955. The highest BCUT2D eigenvalue weighted by Gasteiger charge is 2.70. The van der Waals surface area contributed by atoms with Crippen molar-refractivity contribution in [3.05, 3.63) is 57.6 Å². The van der Waals surface area contributed by atoms with Crippen LogP contribution in [0, 0.1) is 33.5 Å². The topological polar surface area (TPSA) is 81.7 Å². The molecule has 1 aromatic carbocycles. The predicted octanol–water partition coefficient (Wildman–Crippen LogP) is 5.30. The van der Waals surface area contributed by atoms with Gasteiger partial charge in [-0.2, -0.15) is 10.5 Å². The molecule has 0 saturated heterocycles. The van der Waals surface area contributed by atoms with Crippen molar-refractivity contribution in [2.24, 2.45) is 10.8 Å². The zero-order valence-corrected chi connectivity index (χ0v) is 18.9. The number of halogens is 2. The molecule has 0 N–H and O–H groups in total. The first-order valence-corrected chi connectivity index (χ1v) is 13.7.